The molecule has 2 aromatic rings. The maximum atomic E-state index is 9.84. The molecule has 21 heavy (non-hydrogen) atoms. The van der Waals surface area contributed by atoms with E-state index in [0.717, 1.165) is 4.47 Å². The zero-order chi connectivity index (χ0) is 15.2. The number of anilines is 1. The van der Waals surface area contributed by atoms with Gasteiger partial charge in [0, 0.05) is 10.2 Å². The van der Waals surface area contributed by atoms with Crippen molar-refractivity contribution >= 4 is 33.2 Å². The molecule has 0 radical (unpaired) electrons. The number of aliphatic hydroxyl groups is 1. The Balaban J connectivity index is 1.79. The fraction of sp³-hybridized carbons (Fsp3) is 0.200. The standard InChI is InChI=1S/C15H15BrClNO3/c16-10-1-6-15(14(17)7-10)21-9-12(19)8-20-13-4-2-11(18)3-5-13/h1-7,12,19H,8-9,18H2. The average Bonchev–Trinajstić information content (AvgIpc) is 2.46. The molecule has 3 N–H and O–H groups in total. The molecule has 112 valence electrons. The molecule has 0 amide bonds. The largest absolute Gasteiger partial charge is 0.491 e. The van der Waals surface area contributed by atoms with Crippen LogP contribution in [0.2, 0.25) is 5.02 Å². The summed E-state index contributed by atoms with van der Waals surface area (Å²) in [6.45, 7) is 0.217. The minimum Gasteiger partial charge on any atom is -0.491 e. The highest BCUT2D eigenvalue weighted by atomic mass is 79.9. The molecule has 0 aliphatic heterocycles. The van der Waals surface area contributed by atoms with Crippen LogP contribution < -0.4 is 15.2 Å². The second-order valence-corrected chi connectivity index (χ2v) is 5.74. The van der Waals surface area contributed by atoms with Crippen LogP contribution in [0.1, 0.15) is 0 Å². The lowest BCUT2D eigenvalue weighted by molar-refractivity contribution is 0.0627. The maximum Gasteiger partial charge on any atom is 0.138 e. The second kappa shape index (κ2) is 7.54. The van der Waals surface area contributed by atoms with Gasteiger partial charge in [-0.2, -0.15) is 0 Å². The number of nitrogen functional groups attached to an aromatic ring is 1. The first-order valence-corrected chi connectivity index (χ1v) is 7.46. The number of hydrogen-bond acceptors (Lipinski definition) is 4. The highest BCUT2D eigenvalue weighted by Gasteiger charge is 2.09. The molecule has 0 saturated carbocycles. The van der Waals surface area contributed by atoms with E-state index in [4.69, 9.17) is 26.8 Å². The summed E-state index contributed by atoms with van der Waals surface area (Å²) in [4.78, 5) is 0. The van der Waals surface area contributed by atoms with Crippen LogP contribution in [0.4, 0.5) is 5.69 Å². The number of rotatable bonds is 6. The molecule has 0 fully saturated rings. The summed E-state index contributed by atoms with van der Waals surface area (Å²) < 4.78 is 11.8. The van der Waals surface area contributed by atoms with Crippen molar-refractivity contribution in [1.29, 1.82) is 0 Å². The highest BCUT2D eigenvalue weighted by Crippen LogP contribution is 2.27. The lowest BCUT2D eigenvalue weighted by Crippen LogP contribution is -2.25. The van der Waals surface area contributed by atoms with Crippen LogP contribution in [0.5, 0.6) is 11.5 Å². The van der Waals surface area contributed by atoms with Crippen LogP contribution in [0.15, 0.2) is 46.9 Å². The topological polar surface area (TPSA) is 64.7 Å². The molecule has 0 spiro atoms. The van der Waals surface area contributed by atoms with Gasteiger partial charge < -0.3 is 20.3 Å². The first kappa shape index (κ1) is 15.9. The van der Waals surface area contributed by atoms with E-state index in [1.807, 2.05) is 6.07 Å². The van der Waals surface area contributed by atoms with Crippen molar-refractivity contribution in [3.05, 3.63) is 52.0 Å². The van der Waals surface area contributed by atoms with Gasteiger partial charge in [0.05, 0.1) is 5.02 Å². The number of benzene rings is 2. The van der Waals surface area contributed by atoms with Crippen molar-refractivity contribution in [1.82, 2.24) is 0 Å². The summed E-state index contributed by atoms with van der Waals surface area (Å²) in [6, 6.07) is 12.2. The predicted octanol–water partition coefficient (Wildman–Crippen LogP) is 3.50. The molecule has 0 heterocycles. The Morgan fingerprint density at radius 1 is 1.10 bits per heavy atom. The molecule has 0 aliphatic rings. The minimum atomic E-state index is -0.762. The predicted molar refractivity (Wildman–Crippen MR) is 87.0 cm³/mol. The number of halogens is 2. The zero-order valence-electron chi connectivity index (χ0n) is 11.1. The monoisotopic (exact) mass is 371 g/mol. The quantitative estimate of drug-likeness (QED) is 0.762. The van der Waals surface area contributed by atoms with Crippen LogP contribution in [0, 0.1) is 0 Å². The van der Waals surface area contributed by atoms with Gasteiger partial charge >= 0.3 is 0 Å². The molecular formula is C15H15BrClNO3. The molecule has 0 aliphatic carbocycles. The van der Waals surface area contributed by atoms with Gasteiger partial charge in [0.1, 0.15) is 30.8 Å². The van der Waals surface area contributed by atoms with Crippen LogP contribution in [0.25, 0.3) is 0 Å². The number of nitrogens with two attached hydrogens (primary N) is 1. The summed E-state index contributed by atoms with van der Waals surface area (Å²) in [5.41, 5.74) is 6.24. The van der Waals surface area contributed by atoms with Gasteiger partial charge in [-0.15, -0.1) is 0 Å². The van der Waals surface area contributed by atoms with Crippen molar-refractivity contribution < 1.29 is 14.6 Å². The van der Waals surface area contributed by atoms with Crippen LogP contribution >= 0.6 is 27.5 Å². The molecule has 4 nitrogen and oxygen atoms in total. The van der Waals surface area contributed by atoms with Crippen molar-refractivity contribution in [2.24, 2.45) is 0 Å². The fourth-order valence-electron chi connectivity index (χ4n) is 1.58. The van der Waals surface area contributed by atoms with Gasteiger partial charge in [0.15, 0.2) is 0 Å². The summed E-state index contributed by atoms with van der Waals surface area (Å²) in [5.74, 6) is 1.16. The van der Waals surface area contributed by atoms with E-state index < -0.39 is 6.10 Å². The molecule has 0 aromatic heterocycles. The van der Waals surface area contributed by atoms with E-state index in [9.17, 15) is 5.11 Å². The lowest BCUT2D eigenvalue weighted by Gasteiger charge is -2.14. The summed E-state index contributed by atoms with van der Waals surface area (Å²) in [5, 5.41) is 10.3. The Bertz CT molecular complexity index is 592. The third-order valence-corrected chi connectivity index (χ3v) is 3.44. The van der Waals surface area contributed by atoms with Crippen molar-refractivity contribution in [2.75, 3.05) is 18.9 Å². The van der Waals surface area contributed by atoms with E-state index in [1.54, 1.807) is 36.4 Å². The van der Waals surface area contributed by atoms with E-state index >= 15 is 0 Å². The third-order valence-electron chi connectivity index (χ3n) is 2.65. The van der Waals surface area contributed by atoms with Crippen LogP contribution in [-0.4, -0.2) is 24.4 Å². The Morgan fingerprint density at radius 2 is 1.76 bits per heavy atom. The number of aliphatic hydroxyl groups excluding tert-OH is 1. The van der Waals surface area contributed by atoms with Crippen molar-refractivity contribution in [3.63, 3.8) is 0 Å². The summed E-state index contributed by atoms with van der Waals surface area (Å²) in [7, 11) is 0. The van der Waals surface area contributed by atoms with Gasteiger partial charge in [-0.25, -0.2) is 0 Å². The van der Waals surface area contributed by atoms with Crippen molar-refractivity contribution in [2.45, 2.75) is 6.10 Å². The molecule has 1 unspecified atom stereocenters. The Kier molecular flexibility index (Phi) is 5.73. The first-order valence-electron chi connectivity index (χ1n) is 6.29. The molecule has 6 heteroatoms. The fourth-order valence-corrected chi connectivity index (χ4v) is 2.31. The van der Waals surface area contributed by atoms with Gasteiger partial charge in [0.25, 0.3) is 0 Å². The van der Waals surface area contributed by atoms with E-state index in [-0.39, 0.29) is 13.2 Å². The van der Waals surface area contributed by atoms with Crippen LogP contribution in [0.3, 0.4) is 0 Å². The first-order chi connectivity index (χ1) is 10.0. The molecule has 2 rings (SSSR count). The normalized spacial score (nSPS) is 12.0. The van der Waals surface area contributed by atoms with Gasteiger partial charge in [0.2, 0.25) is 0 Å². The Labute approximate surface area is 136 Å². The zero-order valence-corrected chi connectivity index (χ0v) is 13.5. The van der Waals surface area contributed by atoms with E-state index in [1.165, 1.54) is 0 Å². The molecule has 0 bridgehead atoms. The van der Waals surface area contributed by atoms with Gasteiger partial charge in [-0.1, -0.05) is 27.5 Å². The number of hydrogen-bond donors (Lipinski definition) is 2. The highest BCUT2D eigenvalue weighted by molar-refractivity contribution is 9.10. The average molecular weight is 373 g/mol. The van der Waals surface area contributed by atoms with Crippen LogP contribution in [-0.2, 0) is 0 Å². The molecule has 2 aromatic carbocycles. The third kappa shape index (κ3) is 5.12. The maximum absolute atomic E-state index is 9.84. The van der Waals surface area contributed by atoms with E-state index in [0.29, 0.717) is 22.2 Å². The van der Waals surface area contributed by atoms with Gasteiger partial charge in [-0.05, 0) is 42.5 Å². The number of ether oxygens (including phenoxy) is 2. The lowest BCUT2D eigenvalue weighted by atomic mass is 10.3. The summed E-state index contributed by atoms with van der Waals surface area (Å²) >= 11 is 9.33. The Hall–Kier alpha value is -1.43. The summed E-state index contributed by atoms with van der Waals surface area (Å²) in [6.07, 6.45) is -0.762. The SMILES string of the molecule is Nc1ccc(OCC(O)COc2ccc(Br)cc2Cl)cc1. The molecule has 0 saturated heterocycles. The van der Waals surface area contributed by atoms with Crippen molar-refractivity contribution in [3.8, 4) is 11.5 Å². The molecule has 1 atom stereocenters. The van der Waals surface area contributed by atoms with E-state index in [2.05, 4.69) is 15.9 Å². The molecular weight excluding hydrogens is 358 g/mol. The van der Waals surface area contributed by atoms with Gasteiger partial charge in [-0.3, -0.25) is 0 Å². The second-order valence-electron chi connectivity index (χ2n) is 4.42. The Morgan fingerprint density at radius 3 is 2.43 bits per heavy atom. The smallest absolute Gasteiger partial charge is 0.138 e. The minimum absolute atomic E-state index is 0.0936.